The average molecular weight is 175 g/mol. The summed E-state index contributed by atoms with van der Waals surface area (Å²) in [6.45, 7) is 3.82. The Hall–Kier alpha value is -0.810. The first kappa shape index (κ1) is 9.28. The van der Waals surface area contributed by atoms with E-state index in [1.165, 1.54) is 0 Å². The molecule has 0 saturated carbocycles. The zero-order valence-electron chi connectivity index (χ0n) is 7.03. The number of hydrogen-bond donors (Lipinski definition) is 0. The molecule has 69 valence electrons. The molecule has 1 fully saturated rings. The van der Waals surface area contributed by atoms with Crippen molar-refractivity contribution in [2.24, 2.45) is 0 Å². The van der Waals surface area contributed by atoms with Crippen LogP contribution in [0.5, 0.6) is 0 Å². The monoisotopic (exact) mass is 175 g/mol. The molecule has 1 rings (SSSR count). The van der Waals surface area contributed by atoms with Gasteiger partial charge in [0.25, 0.3) is 0 Å². The molecule has 1 aliphatic heterocycles. The van der Waals surface area contributed by atoms with Gasteiger partial charge in [0.2, 0.25) is 0 Å². The maximum absolute atomic E-state index is 9.89. The molecule has 0 spiro atoms. The Morgan fingerprint density at radius 1 is 1.67 bits per heavy atom. The lowest BCUT2D eigenvalue weighted by molar-refractivity contribution is -0.143. The lowest BCUT2D eigenvalue weighted by Gasteiger charge is -2.16. The second-order valence-electron chi connectivity index (χ2n) is 3.01. The minimum atomic E-state index is -1.54. The lowest BCUT2D eigenvalue weighted by atomic mass is 10.4. The highest BCUT2D eigenvalue weighted by atomic mass is 16.8. The van der Waals surface area contributed by atoms with E-state index in [4.69, 9.17) is 9.47 Å². The molecule has 1 atom stereocenters. The van der Waals surface area contributed by atoms with E-state index in [9.17, 15) is 9.90 Å². The molecule has 0 aromatic heterocycles. The summed E-state index contributed by atoms with van der Waals surface area (Å²) in [7, 11) is 0. The van der Waals surface area contributed by atoms with Gasteiger partial charge in [-0.15, -0.1) is 0 Å². The fraction of sp³-hybridized carbons (Fsp3) is 0.857. The quantitative estimate of drug-likeness (QED) is 0.579. The number of carbonyl (C=O) groups excluding carboxylic acids is 1. The van der Waals surface area contributed by atoms with Crippen molar-refractivity contribution in [3.05, 3.63) is 0 Å². The fourth-order valence-corrected chi connectivity index (χ4v) is 1.01. The van der Waals surface area contributed by atoms with Gasteiger partial charge in [-0.1, -0.05) is 0 Å². The summed E-state index contributed by atoms with van der Waals surface area (Å²) in [4.78, 5) is 9.89. The van der Waals surface area contributed by atoms with Gasteiger partial charge in [0, 0.05) is 0 Å². The minimum absolute atomic E-state index is 0.0359. The number of hydrogen-bond acceptors (Lipinski definition) is 4. The van der Waals surface area contributed by atoms with Crippen LogP contribution in [0, 0.1) is 0 Å². The molecule has 5 heteroatoms. The summed E-state index contributed by atoms with van der Waals surface area (Å²) in [6, 6.07) is 0. The third-order valence-corrected chi connectivity index (χ3v) is 1.45. The largest absolute Gasteiger partial charge is 0.550 e. The Kier molecular flexibility index (Phi) is 2.54. The molecular formula is C7H11O5. The molecule has 12 heavy (non-hydrogen) atoms. The number of ether oxygens (including phenoxy) is 3. The molecule has 1 unspecified atom stereocenters. The van der Waals surface area contributed by atoms with E-state index >= 15 is 0 Å². The molecular weight excluding hydrogens is 164 g/mol. The third kappa shape index (κ3) is 2.67. The summed E-state index contributed by atoms with van der Waals surface area (Å²) in [5, 5.41) is 9.89. The van der Waals surface area contributed by atoms with Crippen LogP contribution in [0.3, 0.4) is 0 Å². The van der Waals surface area contributed by atoms with Gasteiger partial charge in [-0.25, -0.2) is 0 Å². The van der Waals surface area contributed by atoms with E-state index in [1.54, 1.807) is 13.8 Å². The summed E-state index contributed by atoms with van der Waals surface area (Å²) in [5.41, 5.74) is 0. The summed E-state index contributed by atoms with van der Waals surface area (Å²) >= 11 is 0. The maximum Gasteiger partial charge on any atom is 0.550 e. The molecule has 1 saturated heterocycles. The predicted octanol–water partition coefficient (Wildman–Crippen LogP) is 0.705. The third-order valence-electron chi connectivity index (χ3n) is 1.45. The van der Waals surface area contributed by atoms with Gasteiger partial charge in [0.1, 0.15) is 12.7 Å². The second kappa shape index (κ2) is 3.28. The first-order chi connectivity index (χ1) is 5.49. The van der Waals surface area contributed by atoms with E-state index in [2.05, 4.69) is 4.74 Å². The molecule has 0 bridgehead atoms. The summed E-state index contributed by atoms with van der Waals surface area (Å²) in [6.07, 6.45) is -1.86. The minimum Gasteiger partial charge on any atom is -0.429 e. The molecule has 0 aromatic carbocycles. The highest BCUT2D eigenvalue weighted by molar-refractivity contribution is 5.56. The fourth-order valence-electron chi connectivity index (χ4n) is 1.01. The van der Waals surface area contributed by atoms with Crippen molar-refractivity contribution in [1.29, 1.82) is 0 Å². The van der Waals surface area contributed by atoms with Crippen LogP contribution in [0.4, 0.5) is 4.79 Å². The zero-order chi connectivity index (χ0) is 9.19. The average Bonchev–Trinajstić information content (AvgIpc) is 2.26. The van der Waals surface area contributed by atoms with E-state index in [0.717, 1.165) is 0 Å². The summed E-state index contributed by atoms with van der Waals surface area (Å²) < 4.78 is 14.7. The molecule has 1 radical (unpaired) electrons. The van der Waals surface area contributed by atoms with Crippen LogP contribution < -0.4 is 0 Å². The second-order valence-corrected chi connectivity index (χ2v) is 3.01. The van der Waals surface area contributed by atoms with Crippen molar-refractivity contribution in [1.82, 2.24) is 0 Å². The van der Waals surface area contributed by atoms with Gasteiger partial charge < -0.3 is 14.2 Å². The van der Waals surface area contributed by atoms with Gasteiger partial charge >= 0.3 is 6.16 Å². The summed E-state index contributed by atoms with van der Waals surface area (Å²) in [5.74, 6) is -0.639. The van der Waals surface area contributed by atoms with Crippen molar-refractivity contribution in [3.63, 3.8) is 0 Å². The Bertz CT molecular complexity index is 177. The van der Waals surface area contributed by atoms with Crippen molar-refractivity contribution < 1.29 is 24.1 Å². The lowest BCUT2D eigenvalue weighted by Crippen LogP contribution is -2.24. The topological polar surface area (TPSA) is 64.7 Å². The highest BCUT2D eigenvalue weighted by Gasteiger charge is 2.33. The van der Waals surface area contributed by atoms with E-state index in [-0.39, 0.29) is 12.7 Å². The molecule has 0 aromatic rings. The van der Waals surface area contributed by atoms with Crippen LogP contribution in [0.1, 0.15) is 13.8 Å². The standard InChI is InChI=1S/C7H11O5/c1-7(2)11-4-5(12-7)3-10-6(8)9/h5H,3-4H2,1-2H3. The van der Waals surface area contributed by atoms with Gasteiger partial charge in [-0.2, -0.15) is 9.90 Å². The molecule has 0 aliphatic carbocycles. The van der Waals surface area contributed by atoms with Crippen LogP contribution in [0.25, 0.3) is 0 Å². The highest BCUT2D eigenvalue weighted by Crippen LogP contribution is 2.22. The van der Waals surface area contributed by atoms with E-state index < -0.39 is 11.9 Å². The molecule has 1 aliphatic rings. The van der Waals surface area contributed by atoms with Gasteiger partial charge in [-0.05, 0) is 13.8 Å². The Morgan fingerprint density at radius 3 is 2.75 bits per heavy atom. The molecule has 0 N–H and O–H groups in total. The first-order valence-corrected chi connectivity index (χ1v) is 3.65. The van der Waals surface area contributed by atoms with E-state index in [1.807, 2.05) is 0 Å². The van der Waals surface area contributed by atoms with Crippen LogP contribution in [0.2, 0.25) is 0 Å². The van der Waals surface area contributed by atoms with Crippen LogP contribution >= 0.6 is 0 Å². The Labute approximate surface area is 70.2 Å². The molecule has 1 heterocycles. The zero-order valence-corrected chi connectivity index (χ0v) is 7.03. The van der Waals surface area contributed by atoms with Crippen LogP contribution in [-0.4, -0.2) is 31.3 Å². The predicted molar refractivity (Wildman–Crippen MR) is 36.9 cm³/mol. The number of carbonyl (C=O) groups is 1. The number of rotatable bonds is 2. The van der Waals surface area contributed by atoms with Crippen LogP contribution in [-0.2, 0) is 19.3 Å². The molecule has 5 nitrogen and oxygen atoms in total. The Balaban J connectivity index is 2.24. The van der Waals surface area contributed by atoms with Crippen molar-refractivity contribution in [3.8, 4) is 0 Å². The normalized spacial score (nSPS) is 27.0. The van der Waals surface area contributed by atoms with Crippen LogP contribution in [0.15, 0.2) is 0 Å². The smallest absolute Gasteiger partial charge is 0.429 e. The van der Waals surface area contributed by atoms with Crippen molar-refractivity contribution in [2.75, 3.05) is 13.2 Å². The van der Waals surface area contributed by atoms with Crippen molar-refractivity contribution in [2.45, 2.75) is 25.7 Å². The molecule has 0 amide bonds. The van der Waals surface area contributed by atoms with Crippen molar-refractivity contribution >= 4 is 6.16 Å². The van der Waals surface area contributed by atoms with Gasteiger partial charge in [-0.3, -0.25) is 0 Å². The van der Waals surface area contributed by atoms with E-state index in [0.29, 0.717) is 6.61 Å². The maximum atomic E-state index is 9.89. The Morgan fingerprint density at radius 2 is 2.33 bits per heavy atom. The SMILES string of the molecule is CC1(C)OCC(COC([O])=O)O1. The first-order valence-electron chi connectivity index (χ1n) is 3.65. The van der Waals surface area contributed by atoms with Gasteiger partial charge in [0.15, 0.2) is 5.79 Å². The van der Waals surface area contributed by atoms with Gasteiger partial charge in [0.05, 0.1) is 6.61 Å².